The quantitative estimate of drug-likeness (QED) is 0.826. The molecule has 0 fully saturated rings. The lowest BCUT2D eigenvalue weighted by Gasteiger charge is -2.33. The second-order valence-electron chi connectivity index (χ2n) is 7.32. The topological polar surface area (TPSA) is 64.0 Å². The molecule has 2 N–H and O–H groups in total. The molecule has 0 bridgehead atoms. The molecule has 5 heteroatoms. The van der Waals surface area contributed by atoms with Crippen LogP contribution in [0.2, 0.25) is 0 Å². The van der Waals surface area contributed by atoms with Crippen LogP contribution in [0.4, 0.5) is 11.4 Å². The van der Waals surface area contributed by atoms with Gasteiger partial charge < -0.3 is 20.0 Å². The van der Waals surface area contributed by atoms with Crippen LogP contribution in [0, 0.1) is 41.5 Å². The van der Waals surface area contributed by atoms with Crippen molar-refractivity contribution in [3.8, 4) is 0 Å². The Morgan fingerprint density at radius 1 is 0.714 bits per heavy atom. The molecule has 0 unspecified atom stereocenters. The summed E-state index contributed by atoms with van der Waals surface area (Å²) in [5, 5.41) is 17.0. The number of aryl methyl sites for hydroxylation is 6. The average molecular weight is 383 g/mol. The molecule has 0 saturated heterocycles. The number of hydrogen-bond acceptors (Lipinski definition) is 4. The Morgan fingerprint density at radius 3 is 1.25 bits per heavy atom. The number of aliphatic hydroxyl groups is 1. The first kappa shape index (κ1) is 21.5. The molecule has 0 aromatic heterocycles. The van der Waals surface area contributed by atoms with Crippen LogP contribution in [0.3, 0.4) is 0 Å². The van der Waals surface area contributed by atoms with Crippen LogP contribution < -0.4 is 9.80 Å². The van der Waals surface area contributed by atoms with Crippen LogP contribution in [0.25, 0.3) is 0 Å². The second kappa shape index (κ2) is 8.48. The highest BCUT2D eigenvalue weighted by molar-refractivity contribution is 5.87. The molecule has 0 spiro atoms. The number of anilines is 2. The predicted molar refractivity (Wildman–Crippen MR) is 115 cm³/mol. The Balaban J connectivity index is 0.00000136. The number of aliphatic hydroxyl groups excluding tert-OH is 1. The maximum atomic E-state index is 12.2. The van der Waals surface area contributed by atoms with Crippen molar-refractivity contribution in [1.82, 2.24) is 0 Å². The van der Waals surface area contributed by atoms with Gasteiger partial charge in [0.2, 0.25) is 6.17 Å². The van der Waals surface area contributed by atoms with E-state index in [1.165, 1.54) is 11.1 Å². The van der Waals surface area contributed by atoms with Crippen molar-refractivity contribution in [3.63, 3.8) is 0 Å². The van der Waals surface area contributed by atoms with Gasteiger partial charge in [-0.3, -0.25) is 0 Å². The second-order valence-corrected chi connectivity index (χ2v) is 7.32. The SMILES string of the molecule is CO.Cc1cc(C)c(N2C=CN(c3c(C)cc(C)cc3C)C2C(=O)O)c(C)c1. The van der Waals surface area contributed by atoms with Gasteiger partial charge in [0, 0.05) is 30.9 Å². The van der Waals surface area contributed by atoms with E-state index < -0.39 is 12.1 Å². The van der Waals surface area contributed by atoms with E-state index in [0.29, 0.717) is 0 Å². The third-order valence-electron chi connectivity index (χ3n) is 4.92. The van der Waals surface area contributed by atoms with Gasteiger partial charge in [0.15, 0.2) is 0 Å². The molecule has 0 radical (unpaired) electrons. The number of aliphatic carboxylic acids is 1. The van der Waals surface area contributed by atoms with Crippen molar-refractivity contribution in [2.75, 3.05) is 16.9 Å². The number of carboxylic acids is 1. The minimum absolute atomic E-state index is 0.796. The number of benzene rings is 2. The summed E-state index contributed by atoms with van der Waals surface area (Å²) in [7, 11) is 1.00. The van der Waals surface area contributed by atoms with E-state index in [-0.39, 0.29) is 0 Å². The van der Waals surface area contributed by atoms with Gasteiger partial charge in [-0.25, -0.2) is 4.79 Å². The molecule has 150 valence electrons. The summed E-state index contributed by atoms with van der Waals surface area (Å²) in [4.78, 5) is 16.0. The lowest BCUT2D eigenvalue weighted by molar-refractivity contribution is -0.138. The largest absolute Gasteiger partial charge is 0.478 e. The van der Waals surface area contributed by atoms with Gasteiger partial charge in [0.05, 0.1) is 0 Å². The van der Waals surface area contributed by atoms with Gasteiger partial charge in [0.25, 0.3) is 0 Å². The van der Waals surface area contributed by atoms with Crippen LogP contribution in [0.1, 0.15) is 33.4 Å². The molecule has 5 nitrogen and oxygen atoms in total. The van der Waals surface area contributed by atoms with Gasteiger partial charge >= 0.3 is 5.97 Å². The normalized spacial score (nSPS) is 13.6. The number of carbonyl (C=O) groups is 1. The fourth-order valence-corrected chi connectivity index (χ4v) is 4.23. The average Bonchev–Trinajstić information content (AvgIpc) is 2.99. The summed E-state index contributed by atoms with van der Waals surface area (Å²) in [5.74, 6) is -0.867. The summed E-state index contributed by atoms with van der Waals surface area (Å²) in [6.45, 7) is 12.3. The van der Waals surface area contributed by atoms with Crippen LogP contribution >= 0.6 is 0 Å². The van der Waals surface area contributed by atoms with E-state index in [4.69, 9.17) is 5.11 Å². The molecule has 3 rings (SSSR count). The summed E-state index contributed by atoms with van der Waals surface area (Å²) in [6.07, 6.45) is 2.96. The highest BCUT2D eigenvalue weighted by Crippen LogP contribution is 2.37. The van der Waals surface area contributed by atoms with E-state index in [0.717, 1.165) is 40.7 Å². The fraction of sp³-hybridized carbons (Fsp3) is 0.348. The zero-order valence-electron chi connectivity index (χ0n) is 17.7. The summed E-state index contributed by atoms with van der Waals surface area (Å²) in [6, 6.07) is 8.39. The van der Waals surface area contributed by atoms with E-state index in [1.807, 2.05) is 49.9 Å². The van der Waals surface area contributed by atoms with Crippen LogP contribution in [0.5, 0.6) is 0 Å². The standard InChI is InChI=1S/C22H26N2O2.CH4O/c1-13-9-15(3)19(16(4)10-13)23-7-8-24(21(23)22(25)26)20-17(5)11-14(2)12-18(20)6;1-2/h7-12,21H,1-6H3,(H,25,26);2H,1H3. The van der Waals surface area contributed by atoms with Crippen molar-refractivity contribution in [2.45, 2.75) is 47.7 Å². The number of carboxylic acid groups (broad SMARTS) is 1. The zero-order valence-corrected chi connectivity index (χ0v) is 17.7. The zero-order chi connectivity index (χ0) is 21.2. The minimum Gasteiger partial charge on any atom is -0.478 e. The molecule has 2 aromatic carbocycles. The molecule has 0 saturated carbocycles. The molecule has 28 heavy (non-hydrogen) atoms. The Kier molecular flexibility index (Phi) is 6.52. The maximum Gasteiger partial charge on any atom is 0.348 e. The van der Waals surface area contributed by atoms with Crippen molar-refractivity contribution < 1.29 is 15.0 Å². The van der Waals surface area contributed by atoms with Gasteiger partial charge in [-0.15, -0.1) is 0 Å². The third-order valence-corrected chi connectivity index (χ3v) is 4.92. The first-order valence-corrected chi connectivity index (χ1v) is 9.29. The fourth-order valence-electron chi connectivity index (χ4n) is 4.23. The molecule has 1 aliphatic rings. The molecule has 0 amide bonds. The van der Waals surface area contributed by atoms with Crippen molar-refractivity contribution >= 4 is 17.3 Å². The Hall–Kier alpha value is -2.79. The highest BCUT2D eigenvalue weighted by atomic mass is 16.4. The molecule has 1 aliphatic heterocycles. The summed E-state index contributed by atoms with van der Waals surface area (Å²) >= 11 is 0. The Bertz CT molecular complexity index is 805. The monoisotopic (exact) mass is 382 g/mol. The molecular formula is C23H30N2O3. The van der Waals surface area contributed by atoms with Gasteiger partial charge in [-0.1, -0.05) is 35.4 Å². The van der Waals surface area contributed by atoms with Crippen molar-refractivity contribution in [3.05, 3.63) is 70.0 Å². The van der Waals surface area contributed by atoms with Gasteiger partial charge in [-0.2, -0.15) is 0 Å². The minimum atomic E-state index is -0.867. The van der Waals surface area contributed by atoms with Gasteiger partial charge in [-0.05, 0) is 63.8 Å². The van der Waals surface area contributed by atoms with E-state index in [9.17, 15) is 9.90 Å². The van der Waals surface area contributed by atoms with Gasteiger partial charge in [0.1, 0.15) is 0 Å². The smallest absolute Gasteiger partial charge is 0.348 e. The van der Waals surface area contributed by atoms with Crippen molar-refractivity contribution in [2.24, 2.45) is 0 Å². The van der Waals surface area contributed by atoms with Crippen LogP contribution in [-0.4, -0.2) is 29.5 Å². The molecule has 0 aliphatic carbocycles. The summed E-state index contributed by atoms with van der Waals surface area (Å²) < 4.78 is 0. The number of nitrogens with zero attached hydrogens (tertiary/aromatic N) is 2. The molecule has 0 atom stereocenters. The molecule has 1 heterocycles. The Labute approximate surface area is 167 Å². The number of hydrogen-bond donors (Lipinski definition) is 2. The number of rotatable bonds is 3. The van der Waals surface area contributed by atoms with Crippen LogP contribution in [0.15, 0.2) is 36.7 Å². The van der Waals surface area contributed by atoms with Crippen LogP contribution in [-0.2, 0) is 4.79 Å². The molecule has 2 aromatic rings. The van der Waals surface area contributed by atoms with E-state index in [2.05, 4.69) is 38.1 Å². The van der Waals surface area contributed by atoms with E-state index in [1.54, 1.807) is 0 Å². The first-order valence-electron chi connectivity index (χ1n) is 9.29. The lowest BCUT2D eigenvalue weighted by Crippen LogP contribution is -2.46. The third kappa shape index (κ3) is 3.90. The highest BCUT2D eigenvalue weighted by Gasteiger charge is 2.37. The first-order chi connectivity index (χ1) is 13.2. The maximum absolute atomic E-state index is 12.2. The lowest BCUT2D eigenvalue weighted by atomic mass is 10.0. The summed E-state index contributed by atoms with van der Waals surface area (Å²) in [5.41, 5.74) is 8.61. The Morgan fingerprint density at radius 2 is 1.00 bits per heavy atom. The van der Waals surface area contributed by atoms with Crippen molar-refractivity contribution in [1.29, 1.82) is 0 Å². The predicted octanol–water partition coefficient (Wildman–Crippen LogP) is 4.35. The molecular weight excluding hydrogens is 352 g/mol. The van der Waals surface area contributed by atoms with E-state index >= 15 is 0 Å².